The lowest BCUT2D eigenvalue weighted by molar-refractivity contribution is 0.0588. The van der Waals surface area contributed by atoms with E-state index >= 15 is 0 Å². The highest BCUT2D eigenvalue weighted by Crippen LogP contribution is 2.33. The van der Waals surface area contributed by atoms with Gasteiger partial charge in [-0.25, -0.2) is 9.78 Å². The predicted octanol–water partition coefficient (Wildman–Crippen LogP) is 2.18. The van der Waals surface area contributed by atoms with E-state index in [4.69, 9.17) is 9.84 Å². The number of pyridine rings is 1. The number of aromatic nitrogens is 1. The van der Waals surface area contributed by atoms with E-state index in [1.807, 2.05) is 6.07 Å². The number of aromatic carboxylic acids is 1. The van der Waals surface area contributed by atoms with Gasteiger partial charge in [0, 0.05) is 25.8 Å². The van der Waals surface area contributed by atoms with Gasteiger partial charge in [0.2, 0.25) is 0 Å². The number of rotatable bonds is 3. The van der Waals surface area contributed by atoms with Crippen LogP contribution in [-0.4, -0.2) is 41.9 Å². The van der Waals surface area contributed by atoms with Crippen LogP contribution in [0.15, 0.2) is 18.2 Å². The molecule has 20 heavy (non-hydrogen) atoms. The summed E-state index contributed by atoms with van der Waals surface area (Å²) in [6, 6.07) is 5.73. The SMILES string of the molecule is O=C(O)c1cccc(N2CCCC2C2CCOCC2)n1. The first-order valence-electron chi connectivity index (χ1n) is 7.30. The largest absolute Gasteiger partial charge is 0.477 e. The van der Waals surface area contributed by atoms with Crippen LogP contribution in [0, 0.1) is 5.92 Å². The minimum atomic E-state index is -0.964. The average molecular weight is 276 g/mol. The molecule has 0 spiro atoms. The highest BCUT2D eigenvalue weighted by molar-refractivity contribution is 5.85. The lowest BCUT2D eigenvalue weighted by Crippen LogP contribution is -2.39. The van der Waals surface area contributed by atoms with Crippen LogP contribution < -0.4 is 4.90 Å². The van der Waals surface area contributed by atoms with E-state index in [1.165, 1.54) is 6.42 Å². The van der Waals surface area contributed by atoms with Crippen molar-refractivity contribution < 1.29 is 14.6 Å². The van der Waals surface area contributed by atoms with Crippen molar-refractivity contribution in [2.24, 2.45) is 5.92 Å². The van der Waals surface area contributed by atoms with Crippen molar-refractivity contribution in [1.82, 2.24) is 4.98 Å². The Morgan fingerprint density at radius 3 is 2.85 bits per heavy atom. The summed E-state index contributed by atoms with van der Waals surface area (Å²) in [4.78, 5) is 17.6. The molecule has 5 heteroatoms. The van der Waals surface area contributed by atoms with Crippen LogP contribution in [0.25, 0.3) is 0 Å². The molecule has 0 saturated carbocycles. The van der Waals surface area contributed by atoms with E-state index in [0.717, 1.165) is 44.8 Å². The van der Waals surface area contributed by atoms with E-state index in [1.54, 1.807) is 12.1 Å². The summed E-state index contributed by atoms with van der Waals surface area (Å²) in [7, 11) is 0. The Hall–Kier alpha value is -1.62. The second-order valence-electron chi connectivity index (χ2n) is 5.54. The standard InChI is InChI=1S/C15H20N2O3/c18-15(19)12-3-1-5-14(16-12)17-8-2-4-13(17)11-6-9-20-10-7-11/h1,3,5,11,13H,2,4,6-10H2,(H,18,19). The van der Waals surface area contributed by atoms with Gasteiger partial charge in [0.05, 0.1) is 0 Å². The minimum absolute atomic E-state index is 0.125. The van der Waals surface area contributed by atoms with Crippen LogP contribution in [0.4, 0.5) is 5.82 Å². The number of hydrogen-bond acceptors (Lipinski definition) is 4. The predicted molar refractivity (Wildman–Crippen MR) is 75.1 cm³/mol. The fraction of sp³-hybridized carbons (Fsp3) is 0.600. The summed E-state index contributed by atoms with van der Waals surface area (Å²) in [5.74, 6) is 0.481. The van der Waals surface area contributed by atoms with Gasteiger partial charge in [-0.3, -0.25) is 0 Å². The van der Waals surface area contributed by atoms with E-state index in [9.17, 15) is 4.79 Å². The Labute approximate surface area is 118 Å². The number of carbonyl (C=O) groups is 1. The maximum absolute atomic E-state index is 11.1. The van der Waals surface area contributed by atoms with Crippen LogP contribution in [0.1, 0.15) is 36.2 Å². The molecule has 0 aliphatic carbocycles. The molecule has 2 fully saturated rings. The van der Waals surface area contributed by atoms with Crippen molar-refractivity contribution in [3.8, 4) is 0 Å². The molecule has 0 radical (unpaired) electrons. The maximum Gasteiger partial charge on any atom is 0.354 e. The smallest absolute Gasteiger partial charge is 0.354 e. The number of anilines is 1. The Morgan fingerprint density at radius 2 is 2.10 bits per heavy atom. The third-order valence-corrected chi connectivity index (χ3v) is 4.36. The first kappa shape index (κ1) is 13.4. The highest BCUT2D eigenvalue weighted by Gasteiger charge is 2.33. The number of nitrogens with zero attached hydrogens (tertiary/aromatic N) is 2. The number of hydrogen-bond donors (Lipinski definition) is 1. The van der Waals surface area contributed by atoms with E-state index < -0.39 is 5.97 Å². The Kier molecular flexibility index (Phi) is 3.87. The highest BCUT2D eigenvalue weighted by atomic mass is 16.5. The van der Waals surface area contributed by atoms with Gasteiger partial charge >= 0.3 is 5.97 Å². The summed E-state index contributed by atoms with van der Waals surface area (Å²) in [6.45, 7) is 2.66. The second-order valence-corrected chi connectivity index (χ2v) is 5.54. The third kappa shape index (κ3) is 2.63. The van der Waals surface area contributed by atoms with Crippen molar-refractivity contribution in [2.45, 2.75) is 31.7 Å². The van der Waals surface area contributed by atoms with E-state index in [0.29, 0.717) is 12.0 Å². The van der Waals surface area contributed by atoms with E-state index in [-0.39, 0.29) is 5.69 Å². The molecule has 0 bridgehead atoms. The van der Waals surface area contributed by atoms with Gasteiger partial charge in [0.15, 0.2) is 5.69 Å². The Bertz CT molecular complexity index is 486. The van der Waals surface area contributed by atoms with Gasteiger partial charge in [0.25, 0.3) is 0 Å². The molecule has 108 valence electrons. The molecule has 2 aliphatic heterocycles. The Morgan fingerprint density at radius 1 is 1.30 bits per heavy atom. The molecule has 1 unspecified atom stereocenters. The number of ether oxygens (including phenoxy) is 1. The summed E-state index contributed by atoms with van der Waals surface area (Å²) >= 11 is 0. The molecule has 0 amide bonds. The van der Waals surface area contributed by atoms with Crippen LogP contribution in [0.2, 0.25) is 0 Å². The molecular formula is C15H20N2O3. The molecule has 2 saturated heterocycles. The zero-order chi connectivity index (χ0) is 13.9. The molecule has 1 aromatic heterocycles. The van der Waals surface area contributed by atoms with Crippen LogP contribution >= 0.6 is 0 Å². The van der Waals surface area contributed by atoms with Crippen molar-refractivity contribution in [3.05, 3.63) is 23.9 Å². The molecule has 5 nitrogen and oxygen atoms in total. The number of carboxylic acid groups (broad SMARTS) is 1. The first-order valence-corrected chi connectivity index (χ1v) is 7.30. The lowest BCUT2D eigenvalue weighted by Gasteiger charge is -2.34. The van der Waals surface area contributed by atoms with Gasteiger partial charge in [-0.05, 0) is 43.7 Å². The van der Waals surface area contributed by atoms with Crippen molar-refractivity contribution >= 4 is 11.8 Å². The fourth-order valence-electron chi connectivity index (χ4n) is 3.37. The molecule has 1 aromatic rings. The molecule has 3 rings (SSSR count). The van der Waals surface area contributed by atoms with Gasteiger partial charge in [-0.1, -0.05) is 6.07 Å². The molecule has 1 N–H and O–H groups in total. The fourth-order valence-corrected chi connectivity index (χ4v) is 3.37. The Balaban J connectivity index is 1.80. The van der Waals surface area contributed by atoms with Crippen LogP contribution in [0.5, 0.6) is 0 Å². The average Bonchev–Trinajstić information content (AvgIpc) is 2.98. The van der Waals surface area contributed by atoms with Crippen molar-refractivity contribution in [3.63, 3.8) is 0 Å². The number of carboxylic acids is 1. The van der Waals surface area contributed by atoms with E-state index in [2.05, 4.69) is 9.88 Å². The van der Waals surface area contributed by atoms with Crippen LogP contribution in [-0.2, 0) is 4.74 Å². The zero-order valence-corrected chi connectivity index (χ0v) is 11.5. The molecule has 3 heterocycles. The zero-order valence-electron chi connectivity index (χ0n) is 11.5. The van der Waals surface area contributed by atoms with Gasteiger partial charge < -0.3 is 14.7 Å². The normalized spacial score (nSPS) is 24.0. The van der Waals surface area contributed by atoms with Gasteiger partial charge in [-0.2, -0.15) is 0 Å². The third-order valence-electron chi connectivity index (χ3n) is 4.36. The lowest BCUT2D eigenvalue weighted by atomic mass is 9.90. The minimum Gasteiger partial charge on any atom is -0.477 e. The molecular weight excluding hydrogens is 256 g/mol. The molecule has 1 atom stereocenters. The first-order chi connectivity index (χ1) is 9.75. The van der Waals surface area contributed by atoms with Crippen molar-refractivity contribution in [1.29, 1.82) is 0 Å². The van der Waals surface area contributed by atoms with Gasteiger partial charge in [0.1, 0.15) is 5.82 Å². The van der Waals surface area contributed by atoms with Crippen molar-refractivity contribution in [2.75, 3.05) is 24.7 Å². The molecule has 0 aromatic carbocycles. The summed E-state index contributed by atoms with van der Waals surface area (Å²) < 4.78 is 5.44. The molecule has 2 aliphatic rings. The quantitative estimate of drug-likeness (QED) is 0.916. The summed E-state index contributed by atoms with van der Waals surface area (Å²) in [5, 5.41) is 9.07. The topological polar surface area (TPSA) is 62.7 Å². The monoisotopic (exact) mass is 276 g/mol. The summed E-state index contributed by atoms with van der Waals surface area (Å²) in [5.41, 5.74) is 0.125. The second kappa shape index (κ2) is 5.79. The maximum atomic E-state index is 11.1. The van der Waals surface area contributed by atoms with Crippen LogP contribution in [0.3, 0.4) is 0 Å². The summed E-state index contributed by atoms with van der Waals surface area (Å²) in [6.07, 6.45) is 4.52. The van der Waals surface area contributed by atoms with Gasteiger partial charge in [-0.15, -0.1) is 0 Å².